The van der Waals surface area contributed by atoms with Gasteiger partial charge in [0, 0.05) is 0 Å². The number of aromatic nitrogens is 2. The molecule has 2 N–H and O–H groups in total. The van der Waals surface area contributed by atoms with Gasteiger partial charge in [0.1, 0.15) is 6.33 Å². The predicted molar refractivity (Wildman–Crippen MR) is 47.1 cm³/mol. The number of amides is 1. The number of carbonyl (C=O) groups is 1. The lowest BCUT2D eigenvalue weighted by Crippen LogP contribution is -2.50. The molecule has 0 aromatic carbocycles. The van der Waals surface area contributed by atoms with Gasteiger partial charge in [-0.3, -0.25) is 4.79 Å². The van der Waals surface area contributed by atoms with Crippen LogP contribution in [0.3, 0.4) is 0 Å². The highest BCUT2D eigenvalue weighted by Gasteiger charge is 2.24. The summed E-state index contributed by atoms with van der Waals surface area (Å²) in [6, 6.07) is -0.0415. The molecule has 5 heteroatoms. The summed E-state index contributed by atoms with van der Waals surface area (Å²) in [6.45, 7) is 0.920. The number of carbonyl (C=O) groups excluding carboxylic acids is 1. The van der Waals surface area contributed by atoms with Gasteiger partial charge < -0.3 is 10.6 Å². The van der Waals surface area contributed by atoms with E-state index in [0.717, 1.165) is 13.0 Å². The Kier molecular flexibility index (Phi) is 2.18. The van der Waals surface area contributed by atoms with Crippen molar-refractivity contribution in [1.29, 1.82) is 0 Å². The highest BCUT2D eigenvalue weighted by Crippen LogP contribution is 2.06. The largest absolute Gasteiger partial charge is 0.322 e. The number of nitrogens with zero attached hydrogens (tertiary/aromatic N) is 2. The summed E-state index contributed by atoms with van der Waals surface area (Å²) < 4.78 is 0. The maximum absolute atomic E-state index is 11.4. The molecule has 2 rings (SSSR count). The van der Waals surface area contributed by atoms with E-state index >= 15 is 0 Å². The summed E-state index contributed by atoms with van der Waals surface area (Å²) >= 11 is 0. The third kappa shape index (κ3) is 1.81. The molecule has 1 aromatic rings. The van der Waals surface area contributed by atoms with Crippen LogP contribution in [0.2, 0.25) is 0 Å². The molecule has 0 spiro atoms. The van der Waals surface area contributed by atoms with E-state index in [2.05, 4.69) is 20.6 Å². The molecule has 0 aliphatic carbocycles. The standard InChI is InChI=1S/C8H10N4O/c13-8(7-1-2-11-7)12-6-3-9-5-10-4-6/h3-5,7,11H,1-2H2,(H,12,13). The van der Waals surface area contributed by atoms with Gasteiger partial charge in [-0.2, -0.15) is 0 Å². The summed E-state index contributed by atoms with van der Waals surface area (Å²) in [5.74, 6) is -0.0129. The fourth-order valence-electron chi connectivity index (χ4n) is 1.11. The van der Waals surface area contributed by atoms with E-state index < -0.39 is 0 Å². The summed E-state index contributed by atoms with van der Waals surface area (Å²) in [5, 5.41) is 5.73. The van der Waals surface area contributed by atoms with Crippen LogP contribution in [0, 0.1) is 0 Å². The Morgan fingerprint density at radius 3 is 2.77 bits per heavy atom. The summed E-state index contributed by atoms with van der Waals surface area (Å²) in [5.41, 5.74) is 0.640. The summed E-state index contributed by atoms with van der Waals surface area (Å²) in [6.07, 6.45) is 5.48. The minimum Gasteiger partial charge on any atom is -0.322 e. The van der Waals surface area contributed by atoms with E-state index in [-0.39, 0.29) is 11.9 Å². The number of nitrogens with one attached hydrogen (secondary N) is 2. The Labute approximate surface area is 75.6 Å². The Morgan fingerprint density at radius 2 is 2.23 bits per heavy atom. The molecule has 1 atom stereocenters. The van der Waals surface area contributed by atoms with E-state index in [9.17, 15) is 4.79 Å². The van der Waals surface area contributed by atoms with Crippen LogP contribution in [0.15, 0.2) is 18.7 Å². The molecule has 1 saturated heterocycles. The second-order valence-corrected chi connectivity index (χ2v) is 2.91. The molecular weight excluding hydrogens is 168 g/mol. The van der Waals surface area contributed by atoms with Crippen LogP contribution in [0.25, 0.3) is 0 Å². The van der Waals surface area contributed by atoms with Crippen LogP contribution in [-0.4, -0.2) is 28.5 Å². The van der Waals surface area contributed by atoms with E-state index in [4.69, 9.17) is 0 Å². The molecule has 2 heterocycles. The van der Waals surface area contributed by atoms with Crippen LogP contribution in [0.1, 0.15) is 6.42 Å². The quantitative estimate of drug-likeness (QED) is 0.657. The Balaban J connectivity index is 1.94. The Hall–Kier alpha value is -1.49. The molecule has 68 valence electrons. The zero-order valence-electron chi connectivity index (χ0n) is 7.03. The van der Waals surface area contributed by atoms with Crippen molar-refractivity contribution in [2.24, 2.45) is 0 Å². The molecule has 0 bridgehead atoms. The predicted octanol–water partition coefficient (Wildman–Crippen LogP) is -0.223. The van der Waals surface area contributed by atoms with Crippen LogP contribution in [-0.2, 0) is 4.79 Å². The topological polar surface area (TPSA) is 66.9 Å². The van der Waals surface area contributed by atoms with Gasteiger partial charge in [0.15, 0.2) is 0 Å². The first-order valence-electron chi connectivity index (χ1n) is 4.15. The molecule has 1 aliphatic heterocycles. The van der Waals surface area contributed by atoms with Crippen molar-refractivity contribution in [2.75, 3.05) is 11.9 Å². The van der Waals surface area contributed by atoms with Crippen LogP contribution >= 0.6 is 0 Å². The minimum atomic E-state index is -0.0415. The lowest BCUT2D eigenvalue weighted by Gasteiger charge is -2.25. The van der Waals surface area contributed by atoms with E-state index in [1.807, 2.05) is 0 Å². The highest BCUT2D eigenvalue weighted by molar-refractivity contribution is 5.95. The van der Waals surface area contributed by atoms with Crippen molar-refractivity contribution in [3.05, 3.63) is 18.7 Å². The molecular formula is C8H10N4O. The van der Waals surface area contributed by atoms with Crippen LogP contribution < -0.4 is 10.6 Å². The number of hydrogen-bond acceptors (Lipinski definition) is 4. The van der Waals surface area contributed by atoms with Crippen LogP contribution in [0.5, 0.6) is 0 Å². The fraction of sp³-hybridized carbons (Fsp3) is 0.375. The smallest absolute Gasteiger partial charge is 0.241 e. The molecule has 5 nitrogen and oxygen atoms in total. The average molecular weight is 178 g/mol. The highest BCUT2D eigenvalue weighted by atomic mass is 16.2. The SMILES string of the molecule is O=C(Nc1cncnc1)C1CCN1. The number of anilines is 1. The van der Waals surface area contributed by atoms with E-state index in [0.29, 0.717) is 5.69 Å². The monoisotopic (exact) mass is 178 g/mol. The number of hydrogen-bond donors (Lipinski definition) is 2. The van der Waals surface area contributed by atoms with Crippen molar-refractivity contribution in [3.8, 4) is 0 Å². The lowest BCUT2D eigenvalue weighted by atomic mass is 10.1. The Bertz CT molecular complexity index is 296. The first kappa shape index (κ1) is 8.12. The fourth-order valence-corrected chi connectivity index (χ4v) is 1.11. The van der Waals surface area contributed by atoms with Crippen molar-refractivity contribution >= 4 is 11.6 Å². The summed E-state index contributed by atoms with van der Waals surface area (Å²) in [4.78, 5) is 19.0. The zero-order chi connectivity index (χ0) is 9.10. The van der Waals surface area contributed by atoms with Gasteiger partial charge in [-0.05, 0) is 13.0 Å². The summed E-state index contributed by atoms with van der Waals surface area (Å²) in [7, 11) is 0. The van der Waals surface area contributed by atoms with Gasteiger partial charge in [0.25, 0.3) is 0 Å². The second-order valence-electron chi connectivity index (χ2n) is 2.91. The van der Waals surface area contributed by atoms with Gasteiger partial charge in [-0.15, -0.1) is 0 Å². The molecule has 13 heavy (non-hydrogen) atoms. The molecule has 1 amide bonds. The molecule has 1 aliphatic rings. The van der Waals surface area contributed by atoms with Gasteiger partial charge in [-0.25, -0.2) is 9.97 Å². The molecule has 1 unspecified atom stereocenters. The second kappa shape index (κ2) is 3.49. The van der Waals surface area contributed by atoms with Gasteiger partial charge in [-0.1, -0.05) is 0 Å². The number of rotatable bonds is 2. The van der Waals surface area contributed by atoms with Gasteiger partial charge in [0.2, 0.25) is 5.91 Å². The lowest BCUT2D eigenvalue weighted by molar-refractivity contribution is -0.119. The maximum Gasteiger partial charge on any atom is 0.241 e. The molecule has 1 aromatic heterocycles. The van der Waals surface area contributed by atoms with Crippen LogP contribution in [0.4, 0.5) is 5.69 Å². The van der Waals surface area contributed by atoms with Crippen molar-refractivity contribution in [3.63, 3.8) is 0 Å². The van der Waals surface area contributed by atoms with E-state index in [1.54, 1.807) is 12.4 Å². The molecule has 1 fully saturated rings. The molecule has 0 radical (unpaired) electrons. The average Bonchev–Trinajstić information content (AvgIpc) is 2.02. The maximum atomic E-state index is 11.4. The molecule has 0 saturated carbocycles. The third-order valence-electron chi connectivity index (χ3n) is 1.97. The first-order valence-corrected chi connectivity index (χ1v) is 4.15. The normalized spacial score (nSPS) is 20.5. The van der Waals surface area contributed by atoms with Crippen molar-refractivity contribution in [2.45, 2.75) is 12.5 Å². The zero-order valence-corrected chi connectivity index (χ0v) is 7.03. The Morgan fingerprint density at radius 1 is 1.54 bits per heavy atom. The van der Waals surface area contributed by atoms with Gasteiger partial charge in [0.05, 0.1) is 24.1 Å². The minimum absolute atomic E-state index is 0.0129. The third-order valence-corrected chi connectivity index (χ3v) is 1.97. The van der Waals surface area contributed by atoms with Crippen molar-refractivity contribution < 1.29 is 4.79 Å². The first-order chi connectivity index (χ1) is 6.36. The van der Waals surface area contributed by atoms with Gasteiger partial charge >= 0.3 is 0 Å². The van der Waals surface area contributed by atoms with Crippen molar-refractivity contribution in [1.82, 2.24) is 15.3 Å². The van der Waals surface area contributed by atoms with E-state index in [1.165, 1.54) is 6.33 Å².